The number of fused-ring (bicyclic) bond motifs is 1. The van der Waals surface area contributed by atoms with Crippen molar-refractivity contribution in [2.24, 2.45) is 5.92 Å². The van der Waals surface area contributed by atoms with Gasteiger partial charge in [0, 0.05) is 12.3 Å². The van der Waals surface area contributed by atoms with Crippen molar-refractivity contribution >= 4 is 11.6 Å². The first-order valence-electron chi connectivity index (χ1n) is 7.29. The first-order chi connectivity index (χ1) is 10.2. The molecule has 2 unspecified atom stereocenters. The van der Waals surface area contributed by atoms with Crippen LogP contribution >= 0.6 is 11.6 Å². The van der Waals surface area contributed by atoms with Crippen molar-refractivity contribution in [1.82, 2.24) is 0 Å². The van der Waals surface area contributed by atoms with Crippen LogP contribution in [0.4, 0.5) is 0 Å². The van der Waals surface area contributed by atoms with E-state index in [1.807, 2.05) is 30.3 Å². The van der Waals surface area contributed by atoms with Crippen LogP contribution in [0.2, 0.25) is 0 Å². The molecule has 0 N–H and O–H groups in total. The van der Waals surface area contributed by atoms with Crippen LogP contribution in [0, 0.1) is 5.92 Å². The number of hydrogen-bond acceptors (Lipinski definition) is 3. The summed E-state index contributed by atoms with van der Waals surface area (Å²) in [4.78, 5) is 0. The Hall–Kier alpha value is -1.61. The summed E-state index contributed by atoms with van der Waals surface area (Å²) in [6, 6.07) is 9.72. The molecular weight excluding hydrogens is 288 g/mol. The fourth-order valence-electron chi connectivity index (χ4n) is 2.31. The minimum absolute atomic E-state index is 0.320. The van der Waals surface area contributed by atoms with Gasteiger partial charge in [0.2, 0.25) is 0 Å². The highest BCUT2D eigenvalue weighted by Gasteiger charge is 2.20. The Morgan fingerprint density at radius 1 is 1.14 bits per heavy atom. The van der Waals surface area contributed by atoms with Crippen molar-refractivity contribution in [2.45, 2.75) is 25.6 Å². The molecule has 0 aliphatic carbocycles. The van der Waals surface area contributed by atoms with Crippen molar-refractivity contribution in [1.29, 1.82) is 0 Å². The van der Waals surface area contributed by atoms with E-state index in [0.717, 1.165) is 35.0 Å². The molecule has 2 aromatic rings. The zero-order valence-corrected chi connectivity index (χ0v) is 13.0. The van der Waals surface area contributed by atoms with Gasteiger partial charge in [0.1, 0.15) is 16.9 Å². The summed E-state index contributed by atoms with van der Waals surface area (Å²) in [5.41, 5.74) is 0.950. The molecule has 0 saturated heterocycles. The molecule has 0 fully saturated rings. The summed E-state index contributed by atoms with van der Waals surface area (Å²) < 4.78 is 17.3. The zero-order valence-electron chi connectivity index (χ0n) is 12.3. The van der Waals surface area contributed by atoms with Gasteiger partial charge in [-0.1, -0.05) is 19.9 Å². The lowest BCUT2D eigenvalue weighted by Gasteiger charge is -2.12. The Morgan fingerprint density at radius 2 is 1.90 bits per heavy atom. The van der Waals surface area contributed by atoms with Gasteiger partial charge in [0.15, 0.2) is 11.5 Å². The number of rotatable bonds is 3. The van der Waals surface area contributed by atoms with Gasteiger partial charge in [0.05, 0.1) is 13.2 Å². The quantitative estimate of drug-likeness (QED) is 0.778. The highest BCUT2D eigenvalue weighted by molar-refractivity contribution is 6.22. The highest BCUT2D eigenvalue weighted by Crippen LogP contribution is 2.37. The predicted octanol–water partition coefficient (Wildman–Crippen LogP) is 4.58. The van der Waals surface area contributed by atoms with E-state index in [1.165, 1.54) is 0 Å². The van der Waals surface area contributed by atoms with E-state index in [-0.39, 0.29) is 5.38 Å². The van der Waals surface area contributed by atoms with Gasteiger partial charge in [-0.05, 0) is 29.8 Å². The summed E-state index contributed by atoms with van der Waals surface area (Å²) in [7, 11) is 0. The molecule has 1 aromatic carbocycles. The molecule has 3 rings (SSSR count). The Labute approximate surface area is 129 Å². The first-order valence-corrected chi connectivity index (χ1v) is 7.73. The van der Waals surface area contributed by atoms with Gasteiger partial charge < -0.3 is 13.9 Å². The second-order valence-electron chi connectivity index (χ2n) is 5.45. The molecule has 2 atom stereocenters. The van der Waals surface area contributed by atoms with Crippen molar-refractivity contribution in [3.05, 3.63) is 47.4 Å². The van der Waals surface area contributed by atoms with Crippen LogP contribution in [0.25, 0.3) is 0 Å². The average Bonchev–Trinajstić information content (AvgIpc) is 2.91. The standard InChI is InChI=1S/C17H19ClO3/c1-3-13-5-7-15(21-13)17(18)12-4-6-14-16(8-12)20-10-11(2)9-19-14/h4-8,11,17H,3,9-10H2,1-2H3. The molecule has 0 bridgehead atoms. The highest BCUT2D eigenvalue weighted by atomic mass is 35.5. The summed E-state index contributed by atoms with van der Waals surface area (Å²) in [6.45, 7) is 5.49. The molecule has 2 heterocycles. The van der Waals surface area contributed by atoms with Crippen LogP contribution in [-0.4, -0.2) is 13.2 Å². The van der Waals surface area contributed by atoms with E-state index < -0.39 is 0 Å². The third-order valence-electron chi connectivity index (χ3n) is 3.59. The maximum atomic E-state index is 6.52. The molecule has 4 heteroatoms. The molecule has 1 aliphatic rings. The van der Waals surface area contributed by atoms with E-state index in [1.54, 1.807) is 0 Å². The number of alkyl halides is 1. The number of ether oxygens (including phenoxy) is 2. The first kappa shape index (κ1) is 14.3. The van der Waals surface area contributed by atoms with E-state index in [4.69, 9.17) is 25.5 Å². The lowest BCUT2D eigenvalue weighted by atomic mass is 10.1. The van der Waals surface area contributed by atoms with Gasteiger partial charge in [-0.3, -0.25) is 0 Å². The third-order valence-corrected chi connectivity index (χ3v) is 4.05. The number of benzene rings is 1. The SMILES string of the molecule is CCc1ccc(C(Cl)c2ccc3c(c2)OCC(C)CO3)o1. The summed E-state index contributed by atoms with van der Waals surface area (Å²) in [5, 5.41) is -0.320. The van der Waals surface area contributed by atoms with Gasteiger partial charge in [-0.25, -0.2) is 0 Å². The van der Waals surface area contributed by atoms with Crippen molar-refractivity contribution < 1.29 is 13.9 Å². The summed E-state index contributed by atoms with van der Waals surface area (Å²) in [5.74, 6) is 3.62. The smallest absolute Gasteiger partial charge is 0.161 e. The molecule has 1 aliphatic heterocycles. The topological polar surface area (TPSA) is 31.6 Å². The van der Waals surface area contributed by atoms with Crippen molar-refractivity contribution in [3.63, 3.8) is 0 Å². The van der Waals surface area contributed by atoms with Crippen molar-refractivity contribution in [2.75, 3.05) is 13.2 Å². The predicted molar refractivity (Wildman–Crippen MR) is 82.4 cm³/mol. The van der Waals surface area contributed by atoms with Gasteiger partial charge in [-0.2, -0.15) is 0 Å². The molecule has 0 saturated carbocycles. The number of furan rings is 1. The molecule has 0 spiro atoms. The fraction of sp³-hybridized carbons (Fsp3) is 0.412. The second kappa shape index (κ2) is 6.02. The Balaban J connectivity index is 1.86. The van der Waals surface area contributed by atoms with Crippen LogP contribution in [-0.2, 0) is 6.42 Å². The van der Waals surface area contributed by atoms with Crippen LogP contribution in [0.1, 0.15) is 36.3 Å². The normalized spacial score (nSPS) is 19.1. The fourth-order valence-corrected chi connectivity index (χ4v) is 2.56. The maximum Gasteiger partial charge on any atom is 0.161 e. The van der Waals surface area contributed by atoms with Gasteiger partial charge >= 0.3 is 0 Å². The molecule has 1 aromatic heterocycles. The van der Waals surface area contributed by atoms with E-state index >= 15 is 0 Å². The largest absolute Gasteiger partial charge is 0.489 e. The Kier molecular flexibility index (Phi) is 4.11. The molecule has 21 heavy (non-hydrogen) atoms. The molecule has 112 valence electrons. The lowest BCUT2D eigenvalue weighted by Crippen LogP contribution is -2.12. The summed E-state index contributed by atoms with van der Waals surface area (Å²) >= 11 is 6.52. The molecule has 3 nitrogen and oxygen atoms in total. The lowest BCUT2D eigenvalue weighted by molar-refractivity contribution is 0.228. The number of aryl methyl sites for hydroxylation is 1. The minimum Gasteiger partial charge on any atom is -0.489 e. The zero-order chi connectivity index (χ0) is 14.8. The Bertz CT molecular complexity index is 620. The Morgan fingerprint density at radius 3 is 2.62 bits per heavy atom. The van der Waals surface area contributed by atoms with Crippen LogP contribution in [0.3, 0.4) is 0 Å². The summed E-state index contributed by atoms with van der Waals surface area (Å²) in [6.07, 6.45) is 0.864. The molecule has 0 amide bonds. The second-order valence-corrected chi connectivity index (χ2v) is 5.89. The molecular formula is C17H19ClO3. The monoisotopic (exact) mass is 306 g/mol. The van der Waals surface area contributed by atoms with E-state index in [2.05, 4.69) is 13.8 Å². The van der Waals surface area contributed by atoms with Crippen LogP contribution in [0.5, 0.6) is 11.5 Å². The van der Waals surface area contributed by atoms with E-state index in [9.17, 15) is 0 Å². The average molecular weight is 307 g/mol. The number of halogens is 1. The molecule has 0 radical (unpaired) electrons. The van der Waals surface area contributed by atoms with Crippen LogP contribution < -0.4 is 9.47 Å². The minimum atomic E-state index is -0.320. The third kappa shape index (κ3) is 3.03. The van der Waals surface area contributed by atoms with Crippen molar-refractivity contribution in [3.8, 4) is 11.5 Å². The number of hydrogen-bond donors (Lipinski definition) is 0. The van der Waals surface area contributed by atoms with Gasteiger partial charge in [-0.15, -0.1) is 11.6 Å². The van der Waals surface area contributed by atoms with Gasteiger partial charge in [0.25, 0.3) is 0 Å². The van der Waals surface area contributed by atoms with Crippen LogP contribution in [0.15, 0.2) is 34.7 Å². The maximum absolute atomic E-state index is 6.52. The van der Waals surface area contributed by atoms with E-state index in [0.29, 0.717) is 19.1 Å².